The molecule has 0 saturated carbocycles. The Labute approximate surface area is 184 Å². The maximum atomic E-state index is 4.23. The first-order valence-corrected chi connectivity index (χ1v) is 11.8. The largest absolute Gasteiger partial charge is 0.299 e. The molecular formula is C25H23BrN2S. The first-order chi connectivity index (χ1) is 14.2. The van der Waals surface area contributed by atoms with Crippen molar-refractivity contribution in [2.45, 2.75) is 29.5 Å². The van der Waals surface area contributed by atoms with E-state index in [9.17, 15) is 0 Å². The minimum absolute atomic E-state index is 0.679. The summed E-state index contributed by atoms with van der Waals surface area (Å²) in [6, 6.07) is 22.1. The van der Waals surface area contributed by atoms with E-state index in [4.69, 9.17) is 0 Å². The summed E-state index contributed by atoms with van der Waals surface area (Å²) in [5.41, 5.74) is 1.42. The highest BCUT2D eigenvalue weighted by Crippen LogP contribution is 2.37. The molecule has 0 amide bonds. The lowest BCUT2D eigenvalue weighted by molar-refractivity contribution is 0.225. The summed E-state index contributed by atoms with van der Waals surface area (Å²) >= 11 is 5.78. The van der Waals surface area contributed by atoms with Gasteiger partial charge < -0.3 is 0 Å². The molecule has 2 heterocycles. The first kappa shape index (κ1) is 19.1. The van der Waals surface area contributed by atoms with Crippen molar-refractivity contribution in [3.63, 3.8) is 0 Å². The number of pyridine rings is 1. The van der Waals surface area contributed by atoms with Crippen molar-refractivity contribution < 1.29 is 0 Å². The first-order valence-electron chi connectivity index (χ1n) is 10.1. The molecule has 2 nitrogen and oxygen atoms in total. The molecule has 146 valence electrons. The fourth-order valence-corrected chi connectivity index (χ4v) is 5.95. The molecule has 0 aliphatic carbocycles. The van der Waals surface area contributed by atoms with E-state index in [2.05, 4.69) is 86.5 Å². The summed E-state index contributed by atoms with van der Waals surface area (Å²) in [6.07, 6.45) is 6.27. The van der Waals surface area contributed by atoms with Crippen LogP contribution in [0.4, 0.5) is 0 Å². The van der Waals surface area contributed by atoms with E-state index in [0.717, 1.165) is 6.54 Å². The van der Waals surface area contributed by atoms with Crippen LogP contribution < -0.4 is 0 Å². The van der Waals surface area contributed by atoms with Crippen LogP contribution >= 0.6 is 27.7 Å². The van der Waals surface area contributed by atoms with Gasteiger partial charge in [-0.25, -0.2) is 0 Å². The van der Waals surface area contributed by atoms with Crippen molar-refractivity contribution in [2.75, 3.05) is 13.1 Å². The molecule has 5 rings (SSSR count). The van der Waals surface area contributed by atoms with Crippen molar-refractivity contribution in [2.24, 2.45) is 0 Å². The van der Waals surface area contributed by atoms with E-state index in [1.807, 2.05) is 24.2 Å². The van der Waals surface area contributed by atoms with Crippen LogP contribution in [0.25, 0.3) is 21.5 Å². The van der Waals surface area contributed by atoms with Crippen LogP contribution in [0.5, 0.6) is 0 Å². The second-order valence-electron chi connectivity index (χ2n) is 7.78. The van der Waals surface area contributed by atoms with Crippen molar-refractivity contribution in [3.8, 4) is 0 Å². The van der Waals surface area contributed by atoms with Gasteiger partial charge in [-0.2, -0.15) is 0 Å². The van der Waals surface area contributed by atoms with Gasteiger partial charge in [-0.15, -0.1) is 11.8 Å². The van der Waals surface area contributed by atoms with E-state index in [-0.39, 0.29) is 0 Å². The number of nitrogens with zero attached hydrogens (tertiary/aromatic N) is 2. The molecule has 0 unspecified atom stereocenters. The lowest BCUT2D eigenvalue weighted by Crippen LogP contribution is -2.34. The maximum Gasteiger partial charge on any atom is 0.0346 e. The van der Waals surface area contributed by atoms with E-state index in [1.54, 1.807) is 0 Å². The molecule has 1 fully saturated rings. The van der Waals surface area contributed by atoms with Crippen LogP contribution in [0.3, 0.4) is 0 Å². The van der Waals surface area contributed by atoms with Crippen molar-refractivity contribution >= 4 is 49.2 Å². The number of hydrogen-bond donors (Lipinski definition) is 0. The Bertz CT molecular complexity index is 1150. The third-order valence-corrected chi connectivity index (χ3v) is 8.05. The Morgan fingerprint density at radius 1 is 0.897 bits per heavy atom. The average molecular weight is 463 g/mol. The van der Waals surface area contributed by atoms with Crippen LogP contribution in [0.15, 0.2) is 82.4 Å². The topological polar surface area (TPSA) is 16.1 Å². The number of thioether (sulfide) groups is 1. The molecule has 0 bridgehead atoms. The molecule has 29 heavy (non-hydrogen) atoms. The molecular weight excluding hydrogens is 440 g/mol. The fraction of sp³-hybridized carbons (Fsp3) is 0.240. The molecule has 3 aromatic carbocycles. The molecule has 1 aromatic heterocycles. The van der Waals surface area contributed by atoms with Gasteiger partial charge in [0, 0.05) is 38.9 Å². The third-order valence-electron chi connectivity index (χ3n) is 5.74. The molecule has 4 aromatic rings. The van der Waals surface area contributed by atoms with Gasteiger partial charge in [0.05, 0.1) is 0 Å². The van der Waals surface area contributed by atoms with Gasteiger partial charge in [-0.1, -0.05) is 36.4 Å². The molecule has 0 atom stereocenters. The Balaban J connectivity index is 1.22. The number of fused-ring (bicyclic) bond motifs is 2. The molecule has 0 spiro atoms. The zero-order valence-corrected chi connectivity index (χ0v) is 18.6. The summed E-state index contributed by atoms with van der Waals surface area (Å²) in [7, 11) is 0. The number of aromatic nitrogens is 1. The summed E-state index contributed by atoms with van der Waals surface area (Å²) in [4.78, 5) is 8.17. The van der Waals surface area contributed by atoms with E-state index >= 15 is 0 Å². The average Bonchev–Trinajstić information content (AvgIpc) is 2.75. The minimum Gasteiger partial charge on any atom is -0.299 e. The number of benzene rings is 3. The molecule has 1 saturated heterocycles. The van der Waals surface area contributed by atoms with Gasteiger partial charge in [0.1, 0.15) is 0 Å². The van der Waals surface area contributed by atoms with Gasteiger partial charge in [0.2, 0.25) is 0 Å². The minimum atomic E-state index is 0.679. The smallest absolute Gasteiger partial charge is 0.0346 e. The van der Waals surface area contributed by atoms with Crippen LogP contribution in [0.1, 0.15) is 18.4 Å². The second kappa shape index (κ2) is 8.47. The van der Waals surface area contributed by atoms with Crippen LogP contribution in [0, 0.1) is 0 Å². The van der Waals surface area contributed by atoms with E-state index < -0.39 is 0 Å². The van der Waals surface area contributed by atoms with Crippen LogP contribution in [0.2, 0.25) is 0 Å². The molecule has 0 radical (unpaired) electrons. The van der Waals surface area contributed by atoms with Gasteiger partial charge in [0.15, 0.2) is 0 Å². The van der Waals surface area contributed by atoms with Gasteiger partial charge in [0.25, 0.3) is 0 Å². The number of halogens is 1. The maximum absolute atomic E-state index is 4.23. The molecule has 1 aliphatic heterocycles. The fourth-order valence-electron chi connectivity index (χ4n) is 4.14. The second-order valence-corrected chi connectivity index (χ2v) is 9.98. The van der Waals surface area contributed by atoms with Gasteiger partial charge in [-0.05, 0) is 87.8 Å². The van der Waals surface area contributed by atoms with Crippen molar-refractivity contribution in [1.29, 1.82) is 0 Å². The summed E-state index contributed by atoms with van der Waals surface area (Å²) in [6.45, 7) is 3.38. The Hall–Kier alpha value is -1.88. The van der Waals surface area contributed by atoms with Gasteiger partial charge >= 0.3 is 0 Å². The lowest BCUT2D eigenvalue weighted by atomic mass is 10.1. The number of likely N-dealkylation sites (tertiary alicyclic amines) is 1. The van der Waals surface area contributed by atoms with E-state index in [1.165, 1.54) is 62.4 Å². The van der Waals surface area contributed by atoms with E-state index in [0.29, 0.717) is 5.25 Å². The lowest BCUT2D eigenvalue weighted by Gasteiger charge is -2.32. The Morgan fingerprint density at radius 3 is 2.55 bits per heavy atom. The summed E-state index contributed by atoms with van der Waals surface area (Å²) < 4.78 is 1.18. The predicted octanol–water partition coefficient (Wildman–Crippen LogP) is 6.91. The Morgan fingerprint density at radius 2 is 1.69 bits per heavy atom. The third kappa shape index (κ3) is 4.35. The quantitative estimate of drug-likeness (QED) is 0.327. The number of piperidine rings is 1. The highest BCUT2D eigenvalue weighted by molar-refractivity contribution is 9.10. The van der Waals surface area contributed by atoms with Crippen molar-refractivity contribution in [1.82, 2.24) is 9.88 Å². The number of hydrogen-bond acceptors (Lipinski definition) is 3. The SMILES string of the molecule is Brc1cc2cnccc2cc1SC1CCN(Cc2ccc3ccccc3c2)CC1. The highest BCUT2D eigenvalue weighted by atomic mass is 79.9. The summed E-state index contributed by atoms with van der Waals surface area (Å²) in [5, 5.41) is 5.79. The highest BCUT2D eigenvalue weighted by Gasteiger charge is 2.21. The monoisotopic (exact) mass is 462 g/mol. The molecule has 1 aliphatic rings. The Kier molecular flexibility index (Phi) is 5.58. The number of rotatable bonds is 4. The molecule has 0 N–H and O–H groups in total. The predicted molar refractivity (Wildman–Crippen MR) is 128 cm³/mol. The molecule has 4 heteroatoms. The zero-order chi connectivity index (χ0) is 19.6. The van der Waals surface area contributed by atoms with Crippen LogP contribution in [-0.2, 0) is 6.54 Å². The van der Waals surface area contributed by atoms with Crippen LogP contribution in [-0.4, -0.2) is 28.2 Å². The summed E-state index contributed by atoms with van der Waals surface area (Å²) in [5.74, 6) is 0. The normalized spacial score (nSPS) is 15.9. The zero-order valence-electron chi connectivity index (χ0n) is 16.2. The standard InChI is InChI=1S/C25H23BrN2S/c26-24-14-22-16-27-10-7-21(22)15-25(24)29-23-8-11-28(12-9-23)17-18-5-6-19-3-1-2-4-20(19)13-18/h1-7,10,13-16,23H,8-9,11-12,17H2. The van der Waals surface area contributed by atoms with Crippen molar-refractivity contribution in [3.05, 3.63) is 83.1 Å². The van der Waals surface area contributed by atoms with Gasteiger partial charge in [-0.3, -0.25) is 9.88 Å².